The Morgan fingerprint density at radius 3 is 2.48 bits per heavy atom. The van der Waals surface area contributed by atoms with Crippen LogP contribution in [0.1, 0.15) is 17.5 Å². The molecule has 2 aromatic rings. The maximum absolute atomic E-state index is 13.0. The fourth-order valence-electron chi connectivity index (χ4n) is 4.01. The van der Waals surface area contributed by atoms with Gasteiger partial charge in [0.05, 0.1) is 7.11 Å². The number of ether oxygens (including phenoxy) is 1. The van der Waals surface area contributed by atoms with Crippen LogP contribution in [-0.2, 0) is 22.6 Å². The largest absolute Gasteiger partial charge is 0.497 e. The van der Waals surface area contributed by atoms with Crippen LogP contribution in [0, 0.1) is 0 Å². The van der Waals surface area contributed by atoms with Crippen molar-refractivity contribution >= 4 is 23.4 Å². The first-order chi connectivity index (χ1) is 14.0. The summed E-state index contributed by atoms with van der Waals surface area (Å²) in [6.45, 7) is 1.23. The van der Waals surface area contributed by atoms with Gasteiger partial charge in [0.15, 0.2) is 0 Å². The topological polar surface area (TPSA) is 70.7 Å². The van der Waals surface area contributed by atoms with Crippen molar-refractivity contribution in [1.82, 2.24) is 15.5 Å². The molecule has 7 heteroatoms. The Morgan fingerprint density at radius 2 is 1.79 bits per heavy atom. The zero-order chi connectivity index (χ0) is 20.4. The Labute approximate surface area is 175 Å². The highest BCUT2D eigenvalue weighted by Crippen LogP contribution is 2.24. The van der Waals surface area contributed by atoms with Crippen LogP contribution in [0.4, 0.5) is 0 Å². The summed E-state index contributed by atoms with van der Waals surface area (Å²) in [7, 11) is 1.64. The van der Waals surface area contributed by atoms with Gasteiger partial charge in [0, 0.05) is 30.6 Å². The highest BCUT2D eigenvalue weighted by atomic mass is 35.5. The van der Waals surface area contributed by atoms with Gasteiger partial charge in [-0.2, -0.15) is 0 Å². The molecule has 2 amide bonds. The quantitative estimate of drug-likeness (QED) is 0.761. The standard InChI is InChI=1S/C22H24ClN3O3/c1-29-18-8-4-15(5-9-18)12-24-17-11-20-21(27)25-19(22(28)26(20)13-17)10-14-2-6-16(23)7-3-14/h2-9,17,19-20,24H,10-13H2,1H3,(H,25,27)/t17-,19-,20-/m0/s1. The van der Waals surface area contributed by atoms with Crippen molar-refractivity contribution in [3.63, 3.8) is 0 Å². The number of piperazine rings is 1. The zero-order valence-electron chi connectivity index (χ0n) is 16.2. The van der Waals surface area contributed by atoms with Gasteiger partial charge in [-0.15, -0.1) is 0 Å². The second-order valence-electron chi connectivity index (χ2n) is 7.56. The molecule has 0 unspecified atom stereocenters. The number of carbonyl (C=O) groups is 2. The number of nitrogens with one attached hydrogen (secondary N) is 2. The van der Waals surface area contributed by atoms with Gasteiger partial charge in [-0.3, -0.25) is 9.59 Å². The lowest BCUT2D eigenvalue weighted by atomic mass is 10.0. The number of hydrogen-bond donors (Lipinski definition) is 2. The number of carbonyl (C=O) groups excluding carboxylic acids is 2. The van der Waals surface area contributed by atoms with E-state index in [9.17, 15) is 9.59 Å². The molecule has 0 aromatic heterocycles. The lowest BCUT2D eigenvalue weighted by molar-refractivity contribution is -0.147. The Bertz CT molecular complexity index is 885. The molecule has 0 spiro atoms. The van der Waals surface area contributed by atoms with Gasteiger partial charge in [-0.25, -0.2) is 0 Å². The van der Waals surface area contributed by atoms with Crippen molar-refractivity contribution in [2.75, 3.05) is 13.7 Å². The summed E-state index contributed by atoms with van der Waals surface area (Å²) in [5.41, 5.74) is 2.10. The summed E-state index contributed by atoms with van der Waals surface area (Å²) >= 11 is 5.93. The predicted molar refractivity (Wildman–Crippen MR) is 111 cm³/mol. The van der Waals surface area contributed by atoms with Gasteiger partial charge in [0.25, 0.3) is 0 Å². The third kappa shape index (κ3) is 4.38. The van der Waals surface area contributed by atoms with E-state index in [0.29, 0.717) is 31.0 Å². The molecule has 2 N–H and O–H groups in total. The smallest absolute Gasteiger partial charge is 0.246 e. The van der Waals surface area contributed by atoms with Crippen molar-refractivity contribution in [2.24, 2.45) is 0 Å². The van der Waals surface area contributed by atoms with E-state index in [0.717, 1.165) is 16.9 Å². The fraction of sp³-hybridized carbons (Fsp3) is 0.364. The van der Waals surface area contributed by atoms with Gasteiger partial charge in [0.2, 0.25) is 11.8 Å². The highest BCUT2D eigenvalue weighted by molar-refractivity contribution is 6.30. The van der Waals surface area contributed by atoms with Crippen molar-refractivity contribution in [1.29, 1.82) is 0 Å². The first kappa shape index (κ1) is 19.7. The average molecular weight is 414 g/mol. The second-order valence-corrected chi connectivity index (χ2v) is 8.00. The minimum Gasteiger partial charge on any atom is -0.497 e. The number of halogens is 1. The summed E-state index contributed by atoms with van der Waals surface area (Å²) in [5, 5.41) is 7.03. The molecule has 3 atom stereocenters. The molecule has 0 saturated carbocycles. The van der Waals surface area contributed by atoms with E-state index < -0.39 is 12.1 Å². The zero-order valence-corrected chi connectivity index (χ0v) is 17.0. The Balaban J connectivity index is 1.36. The van der Waals surface area contributed by atoms with Crippen LogP contribution in [-0.4, -0.2) is 48.5 Å². The molecule has 0 radical (unpaired) electrons. The van der Waals surface area contributed by atoms with Gasteiger partial charge >= 0.3 is 0 Å². The van der Waals surface area contributed by atoms with E-state index in [1.165, 1.54) is 0 Å². The number of benzene rings is 2. The highest BCUT2D eigenvalue weighted by Gasteiger charge is 2.46. The summed E-state index contributed by atoms with van der Waals surface area (Å²) in [6, 6.07) is 14.4. The second kappa shape index (κ2) is 8.43. The van der Waals surface area contributed by atoms with E-state index in [2.05, 4.69) is 10.6 Å². The lowest BCUT2D eigenvalue weighted by Gasteiger charge is -2.34. The van der Waals surface area contributed by atoms with Crippen LogP contribution in [0.15, 0.2) is 48.5 Å². The summed E-state index contributed by atoms with van der Waals surface area (Å²) in [4.78, 5) is 27.3. The van der Waals surface area contributed by atoms with Crippen LogP contribution in [0.5, 0.6) is 5.75 Å². The first-order valence-corrected chi connectivity index (χ1v) is 10.1. The molecule has 2 fully saturated rings. The Kier molecular flexibility index (Phi) is 5.74. The molecule has 6 nitrogen and oxygen atoms in total. The average Bonchev–Trinajstić information content (AvgIpc) is 3.17. The Hall–Kier alpha value is -2.57. The van der Waals surface area contributed by atoms with Gasteiger partial charge in [-0.05, 0) is 41.8 Å². The number of hydrogen-bond acceptors (Lipinski definition) is 4. The Morgan fingerprint density at radius 1 is 1.10 bits per heavy atom. The molecule has 2 aliphatic rings. The number of fused-ring (bicyclic) bond motifs is 1. The minimum absolute atomic E-state index is 0.0155. The maximum Gasteiger partial charge on any atom is 0.246 e. The molecule has 2 aliphatic heterocycles. The van der Waals surface area contributed by atoms with Crippen LogP contribution in [0.3, 0.4) is 0 Å². The molecule has 2 heterocycles. The third-order valence-corrected chi connectivity index (χ3v) is 5.86. The van der Waals surface area contributed by atoms with Crippen LogP contribution < -0.4 is 15.4 Å². The van der Waals surface area contributed by atoms with E-state index in [1.54, 1.807) is 24.1 Å². The van der Waals surface area contributed by atoms with Crippen LogP contribution in [0.2, 0.25) is 5.02 Å². The van der Waals surface area contributed by atoms with Crippen molar-refractivity contribution in [2.45, 2.75) is 37.5 Å². The first-order valence-electron chi connectivity index (χ1n) is 9.75. The molecule has 0 bridgehead atoms. The maximum atomic E-state index is 13.0. The lowest BCUT2D eigenvalue weighted by Crippen LogP contribution is -2.61. The van der Waals surface area contributed by atoms with E-state index in [4.69, 9.17) is 16.3 Å². The number of rotatable bonds is 6. The number of methoxy groups -OCH3 is 1. The third-order valence-electron chi connectivity index (χ3n) is 5.61. The van der Waals surface area contributed by atoms with Crippen molar-refractivity contribution in [3.8, 4) is 5.75 Å². The fourth-order valence-corrected chi connectivity index (χ4v) is 4.13. The number of nitrogens with zero attached hydrogens (tertiary/aromatic N) is 1. The van der Waals surface area contributed by atoms with Crippen LogP contribution in [0.25, 0.3) is 0 Å². The molecule has 2 aromatic carbocycles. The summed E-state index contributed by atoms with van der Waals surface area (Å²) in [5.74, 6) is 0.733. The minimum atomic E-state index is -0.528. The molecule has 152 valence electrons. The SMILES string of the molecule is COc1ccc(CN[C@H]2C[C@H]3C(=O)N[C@@H](Cc4ccc(Cl)cc4)C(=O)N3C2)cc1. The number of amides is 2. The van der Waals surface area contributed by atoms with Crippen molar-refractivity contribution in [3.05, 3.63) is 64.7 Å². The molecule has 29 heavy (non-hydrogen) atoms. The molecule has 4 rings (SSSR count). The van der Waals surface area contributed by atoms with Gasteiger partial charge in [-0.1, -0.05) is 35.9 Å². The molecular weight excluding hydrogens is 390 g/mol. The predicted octanol–water partition coefficient (Wildman–Crippen LogP) is 2.15. The van der Waals surface area contributed by atoms with Gasteiger partial charge < -0.3 is 20.3 Å². The normalized spacial score (nSPS) is 23.7. The van der Waals surface area contributed by atoms with Crippen LogP contribution >= 0.6 is 11.6 Å². The van der Waals surface area contributed by atoms with Gasteiger partial charge in [0.1, 0.15) is 17.8 Å². The summed E-state index contributed by atoms with van der Waals surface area (Å²) < 4.78 is 5.18. The monoisotopic (exact) mass is 413 g/mol. The van der Waals surface area contributed by atoms with E-state index in [-0.39, 0.29) is 17.9 Å². The molecular formula is C22H24ClN3O3. The summed E-state index contributed by atoms with van der Waals surface area (Å²) in [6.07, 6.45) is 1.09. The van der Waals surface area contributed by atoms with Crippen molar-refractivity contribution < 1.29 is 14.3 Å². The van der Waals surface area contributed by atoms with E-state index in [1.807, 2.05) is 36.4 Å². The molecule has 2 saturated heterocycles. The van der Waals surface area contributed by atoms with E-state index >= 15 is 0 Å². The molecule has 0 aliphatic carbocycles.